The van der Waals surface area contributed by atoms with Crippen LogP contribution in [-0.4, -0.2) is 31.8 Å². The molecule has 15 heavy (non-hydrogen) atoms. The number of nitrogen functional groups attached to an aromatic ring is 1. The molecule has 1 aromatic heterocycles. The van der Waals surface area contributed by atoms with E-state index in [0.717, 1.165) is 18.9 Å². The monoisotopic (exact) mass is 229 g/mol. The predicted octanol–water partition coefficient (Wildman–Crippen LogP) is 1.79. The first-order chi connectivity index (χ1) is 7.17. The summed E-state index contributed by atoms with van der Waals surface area (Å²) in [6, 6.07) is 3.44. The highest BCUT2D eigenvalue weighted by Gasteiger charge is 2.07. The Morgan fingerprint density at radius 2 is 2.27 bits per heavy atom. The first kappa shape index (κ1) is 12.1. The zero-order chi connectivity index (χ0) is 11.3. The molecule has 0 spiro atoms. The van der Waals surface area contributed by atoms with Gasteiger partial charge < -0.3 is 15.4 Å². The van der Waals surface area contributed by atoms with Crippen LogP contribution in [0.1, 0.15) is 6.92 Å². The van der Waals surface area contributed by atoms with E-state index in [-0.39, 0.29) is 0 Å². The van der Waals surface area contributed by atoms with Gasteiger partial charge in [-0.1, -0.05) is 11.6 Å². The Kier molecular flexibility index (Phi) is 4.65. The van der Waals surface area contributed by atoms with Crippen molar-refractivity contribution < 1.29 is 4.74 Å². The number of likely N-dealkylation sites (N-methyl/N-ethyl adjacent to an activating group) is 1. The minimum atomic E-state index is 0.438. The maximum Gasteiger partial charge on any atom is 0.132 e. The molecule has 5 heteroatoms. The fourth-order valence-electron chi connectivity index (χ4n) is 1.30. The van der Waals surface area contributed by atoms with Gasteiger partial charge >= 0.3 is 0 Å². The number of anilines is 2. The van der Waals surface area contributed by atoms with Crippen LogP contribution in [0.25, 0.3) is 0 Å². The lowest BCUT2D eigenvalue weighted by atomic mass is 10.4. The average molecular weight is 230 g/mol. The van der Waals surface area contributed by atoms with Gasteiger partial charge in [-0.15, -0.1) is 0 Å². The molecule has 2 N–H and O–H groups in total. The molecule has 0 aliphatic heterocycles. The van der Waals surface area contributed by atoms with Crippen molar-refractivity contribution in [3.05, 3.63) is 17.2 Å². The van der Waals surface area contributed by atoms with Crippen molar-refractivity contribution in [3.8, 4) is 0 Å². The maximum absolute atomic E-state index is 5.91. The number of rotatable bonds is 5. The molecule has 0 unspecified atom stereocenters. The van der Waals surface area contributed by atoms with Crippen LogP contribution in [0.4, 0.5) is 11.6 Å². The van der Waals surface area contributed by atoms with Crippen LogP contribution in [0.15, 0.2) is 12.1 Å². The molecule has 0 saturated heterocycles. The maximum atomic E-state index is 5.91. The molecule has 0 aliphatic rings. The zero-order valence-corrected chi connectivity index (χ0v) is 9.79. The molecule has 1 heterocycles. The van der Waals surface area contributed by atoms with Gasteiger partial charge in [0, 0.05) is 25.2 Å². The average Bonchev–Trinajstić information content (AvgIpc) is 2.17. The minimum absolute atomic E-state index is 0.438. The fraction of sp³-hybridized carbons (Fsp3) is 0.500. The summed E-state index contributed by atoms with van der Waals surface area (Å²) >= 11 is 5.91. The Bertz CT molecular complexity index is 299. The number of hydrogen-bond acceptors (Lipinski definition) is 4. The summed E-state index contributed by atoms with van der Waals surface area (Å²) in [7, 11) is 1.67. The van der Waals surface area contributed by atoms with Crippen LogP contribution in [0.5, 0.6) is 0 Å². The van der Waals surface area contributed by atoms with Gasteiger partial charge in [-0.2, -0.15) is 0 Å². The summed E-state index contributed by atoms with van der Waals surface area (Å²) in [4.78, 5) is 6.28. The summed E-state index contributed by atoms with van der Waals surface area (Å²) < 4.78 is 5.02. The largest absolute Gasteiger partial charge is 0.384 e. The van der Waals surface area contributed by atoms with Crippen molar-refractivity contribution in [2.45, 2.75) is 6.92 Å². The van der Waals surface area contributed by atoms with E-state index in [0.29, 0.717) is 17.4 Å². The van der Waals surface area contributed by atoms with E-state index < -0.39 is 0 Å². The van der Waals surface area contributed by atoms with E-state index >= 15 is 0 Å². The number of nitrogens with zero attached hydrogens (tertiary/aromatic N) is 2. The van der Waals surface area contributed by atoms with Gasteiger partial charge in [-0.25, -0.2) is 4.98 Å². The molecular weight excluding hydrogens is 214 g/mol. The van der Waals surface area contributed by atoms with Gasteiger partial charge in [0.25, 0.3) is 0 Å². The van der Waals surface area contributed by atoms with E-state index in [2.05, 4.69) is 16.8 Å². The van der Waals surface area contributed by atoms with Crippen molar-refractivity contribution in [2.75, 3.05) is 37.4 Å². The van der Waals surface area contributed by atoms with Crippen LogP contribution in [0.2, 0.25) is 5.02 Å². The Labute approximate surface area is 95.0 Å². The van der Waals surface area contributed by atoms with E-state index in [4.69, 9.17) is 22.1 Å². The SMILES string of the molecule is CCN(CCOC)c1cc(Cl)cc(N)n1. The highest BCUT2D eigenvalue weighted by Crippen LogP contribution is 2.19. The molecule has 0 atom stereocenters. The molecule has 0 fully saturated rings. The summed E-state index contributed by atoms with van der Waals surface area (Å²) in [5.41, 5.74) is 5.63. The summed E-state index contributed by atoms with van der Waals surface area (Å²) in [5, 5.41) is 0.605. The second kappa shape index (κ2) is 5.78. The first-order valence-electron chi connectivity index (χ1n) is 4.84. The topological polar surface area (TPSA) is 51.4 Å². The molecule has 0 saturated carbocycles. The Balaban J connectivity index is 2.81. The Morgan fingerprint density at radius 3 is 2.80 bits per heavy atom. The second-order valence-corrected chi connectivity index (χ2v) is 3.58. The molecular formula is C10H16ClN3O. The van der Waals surface area contributed by atoms with Crippen LogP contribution in [0, 0.1) is 0 Å². The van der Waals surface area contributed by atoms with E-state index in [1.807, 2.05) is 0 Å². The molecule has 1 rings (SSSR count). The zero-order valence-electron chi connectivity index (χ0n) is 9.03. The summed E-state index contributed by atoms with van der Waals surface area (Å²) in [5.74, 6) is 1.23. The van der Waals surface area contributed by atoms with Crippen molar-refractivity contribution in [2.24, 2.45) is 0 Å². The van der Waals surface area contributed by atoms with Crippen molar-refractivity contribution in [1.29, 1.82) is 0 Å². The van der Waals surface area contributed by atoms with Gasteiger partial charge in [0.2, 0.25) is 0 Å². The standard InChI is InChI=1S/C10H16ClN3O/c1-3-14(4-5-15-2)10-7-8(11)6-9(12)13-10/h6-7H,3-5H2,1-2H3,(H2,12,13). The number of aromatic nitrogens is 1. The number of nitrogens with two attached hydrogens (primary N) is 1. The smallest absolute Gasteiger partial charge is 0.132 e. The first-order valence-corrected chi connectivity index (χ1v) is 5.22. The second-order valence-electron chi connectivity index (χ2n) is 3.14. The lowest BCUT2D eigenvalue weighted by Crippen LogP contribution is -2.27. The molecule has 0 radical (unpaired) electrons. The number of halogens is 1. The lowest BCUT2D eigenvalue weighted by Gasteiger charge is -2.21. The third kappa shape index (κ3) is 3.57. The number of methoxy groups -OCH3 is 1. The highest BCUT2D eigenvalue weighted by atomic mass is 35.5. The van der Waals surface area contributed by atoms with Gasteiger partial charge in [0.1, 0.15) is 11.6 Å². The van der Waals surface area contributed by atoms with Gasteiger partial charge in [-0.3, -0.25) is 0 Å². The van der Waals surface area contributed by atoms with Crippen molar-refractivity contribution in [3.63, 3.8) is 0 Å². The lowest BCUT2D eigenvalue weighted by molar-refractivity contribution is 0.205. The van der Waals surface area contributed by atoms with E-state index in [1.165, 1.54) is 0 Å². The number of pyridine rings is 1. The molecule has 0 aliphatic carbocycles. The van der Waals surface area contributed by atoms with E-state index in [9.17, 15) is 0 Å². The predicted molar refractivity (Wildman–Crippen MR) is 63.4 cm³/mol. The highest BCUT2D eigenvalue weighted by molar-refractivity contribution is 6.31. The third-order valence-corrected chi connectivity index (χ3v) is 2.29. The van der Waals surface area contributed by atoms with Crippen LogP contribution in [-0.2, 0) is 4.74 Å². The normalized spacial score (nSPS) is 10.3. The quantitative estimate of drug-likeness (QED) is 0.837. The molecule has 0 bridgehead atoms. The molecule has 1 aromatic rings. The minimum Gasteiger partial charge on any atom is -0.384 e. The van der Waals surface area contributed by atoms with Gasteiger partial charge in [0.15, 0.2) is 0 Å². The van der Waals surface area contributed by atoms with Crippen LogP contribution in [0.3, 0.4) is 0 Å². The van der Waals surface area contributed by atoms with Crippen LogP contribution >= 0.6 is 11.6 Å². The number of hydrogen-bond donors (Lipinski definition) is 1. The molecule has 84 valence electrons. The van der Waals surface area contributed by atoms with Gasteiger partial charge in [-0.05, 0) is 19.1 Å². The Hall–Kier alpha value is -1.00. The fourth-order valence-corrected chi connectivity index (χ4v) is 1.51. The van der Waals surface area contributed by atoms with Gasteiger partial charge in [0.05, 0.1) is 6.61 Å². The third-order valence-electron chi connectivity index (χ3n) is 2.07. The van der Waals surface area contributed by atoms with E-state index in [1.54, 1.807) is 19.2 Å². The molecule has 4 nitrogen and oxygen atoms in total. The van der Waals surface area contributed by atoms with Crippen molar-refractivity contribution >= 4 is 23.2 Å². The van der Waals surface area contributed by atoms with Crippen molar-refractivity contribution in [1.82, 2.24) is 4.98 Å². The summed E-state index contributed by atoms with van der Waals surface area (Å²) in [6.45, 7) is 4.33. The Morgan fingerprint density at radius 1 is 1.53 bits per heavy atom. The summed E-state index contributed by atoms with van der Waals surface area (Å²) in [6.07, 6.45) is 0. The number of ether oxygens (including phenoxy) is 1. The molecule has 0 amide bonds. The van der Waals surface area contributed by atoms with Crippen LogP contribution < -0.4 is 10.6 Å². The molecule has 0 aromatic carbocycles.